The monoisotopic (exact) mass is 373 g/mol. The van der Waals surface area contributed by atoms with Gasteiger partial charge < -0.3 is 4.74 Å². The summed E-state index contributed by atoms with van der Waals surface area (Å²) in [5, 5.41) is 0. The molecule has 0 radical (unpaired) electrons. The normalized spacial score (nSPS) is 11.3. The van der Waals surface area contributed by atoms with Crippen molar-refractivity contribution >= 4 is 10.0 Å². The van der Waals surface area contributed by atoms with E-state index in [0.29, 0.717) is 11.3 Å². The number of methoxy groups -OCH3 is 1. The van der Waals surface area contributed by atoms with E-state index in [4.69, 9.17) is 4.74 Å². The Morgan fingerprint density at radius 2 is 2.00 bits per heavy atom. The minimum atomic E-state index is -3.95. The van der Waals surface area contributed by atoms with Gasteiger partial charge in [-0.3, -0.25) is 9.97 Å². The van der Waals surface area contributed by atoms with E-state index in [1.54, 1.807) is 36.8 Å². The molecule has 2 heterocycles. The van der Waals surface area contributed by atoms with Gasteiger partial charge in [-0.15, -0.1) is 0 Å². The molecule has 0 saturated carbocycles. The Labute approximate surface area is 150 Å². The molecular weight excluding hydrogens is 357 g/mol. The molecule has 26 heavy (non-hydrogen) atoms. The van der Waals surface area contributed by atoms with Gasteiger partial charge in [0.05, 0.1) is 12.8 Å². The number of pyridine rings is 2. The number of halogens is 1. The first-order valence-electron chi connectivity index (χ1n) is 7.68. The van der Waals surface area contributed by atoms with Gasteiger partial charge in [0.2, 0.25) is 10.0 Å². The Bertz CT molecular complexity index is 1010. The summed E-state index contributed by atoms with van der Waals surface area (Å²) >= 11 is 0. The average molecular weight is 373 g/mol. The van der Waals surface area contributed by atoms with Crippen LogP contribution >= 0.6 is 0 Å². The van der Waals surface area contributed by atoms with Gasteiger partial charge in [-0.1, -0.05) is 0 Å². The van der Waals surface area contributed by atoms with Crippen molar-refractivity contribution < 1.29 is 17.5 Å². The topological polar surface area (TPSA) is 81.2 Å². The number of rotatable bonds is 6. The zero-order valence-electron chi connectivity index (χ0n) is 13.9. The second-order valence-electron chi connectivity index (χ2n) is 5.41. The number of aromatic nitrogens is 2. The maximum absolute atomic E-state index is 13.5. The number of benzene rings is 1. The third-order valence-corrected chi connectivity index (χ3v) is 5.09. The van der Waals surface area contributed by atoms with Crippen molar-refractivity contribution in [1.29, 1.82) is 0 Å². The van der Waals surface area contributed by atoms with Crippen LogP contribution in [0.25, 0.3) is 11.3 Å². The predicted octanol–water partition coefficient (Wildman–Crippen LogP) is 2.77. The molecule has 0 unspecified atom stereocenters. The number of nitrogens with one attached hydrogen (secondary N) is 1. The van der Waals surface area contributed by atoms with Crippen LogP contribution in [0, 0.1) is 5.82 Å². The molecule has 6 nitrogen and oxygen atoms in total. The Morgan fingerprint density at radius 1 is 1.15 bits per heavy atom. The zero-order valence-corrected chi connectivity index (χ0v) is 14.7. The molecule has 0 bridgehead atoms. The average Bonchev–Trinajstić information content (AvgIpc) is 2.67. The lowest BCUT2D eigenvalue weighted by molar-refractivity contribution is 0.400. The van der Waals surface area contributed by atoms with Crippen LogP contribution < -0.4 is 9.46 Å². The van der Waals surface area contributed by atoms with Crippen LogP contribution in [-0.2, 0) is 16.6 Å². The third-order valence-electron chi connectivity index (χ3n) is 3.66. The molecule has 2 aromatic heterocycles. The van der Waals surface area contributed by atoms with Crippen molar-refractivity contribution in [3.63, 3.8) is 0 Å². The van der Waals surface area contributed by atoms with Gasteiger partial charge in [-0.2, -0.15) is 0 Å². The minimum absolute atomic E-state index is 0.0256. The van der Waals surface area contributed by atoms with Crippen LogP contribution in [0.5, 0.6) is 5.75 Å². The van der Waals surface area contributed by atoms with Crippen molar-refractivity contribution in [2.75, 3.05) is 7.11 Å². The van der Waals surface area contributed by atoms with Gasteiger partial charge in [-0.25, -0.2) is 17.5 Å². The van der Waals surface area contributed by atoms with E-state index < -0.39 is 15.8 Å². The van der Waals surface area contributed by atoms with Crippen molar-refractivity contribution in [2.45, 2.75) is 11.4 Å². The number of ether oxygens (including phenoxy) is 1. The summed E-state index contributed by atoms with van der Waals surface area (Å²) in [4.78, 5) is 8.06. The predicted molar refractivity (Wildman–Crippen MR) is 94.4 cm³/mol. The minimum Gasteiger partial charge on any atom is -0.495 e. The molecule has 0 amide bonds. The van der Waals surface area contributed by atoms with Gasteiger partial charge in [-0.05, 0) is 48.0 Å². The van der Waals surface area contributed by atoms with Gasteiger partial charge in [0.15, 0.2) is 0 Å². The molecular formula is C18H16FN3O3S. The molecule has 3 rings (SSSR count). The lowest BCUT2D eigenvalue weighted by Gasteiger charge is -2.11. The van der Waals surface area contributed by atoms with E-state index in [1.807, 2.05) is 6.07 Å². The highest BCUT2D eigenvalue weighted by atomic mass is 32.2. The smallest absolute Gasteiger partial charge is 0.244 e. The maximum atomic E-state index is 13.5. The second kappa shape index (κ2) is 7.59. The molecule has 0 spiro atoms. The lowest BCUT2D eigenvalue weighted by atomic mass is 10.1. The van der Waals surface area contributed by atoms with Crippen LogP contribution in [0.3, 0.4) is 0 Å². The Morgan fingerprint density at radius 3 is 2.73 bits per heavy atom. The first-order chi connectivity index (χ1) is 12.5. The summed E-state index contributed by atoms with van der Waals surface area (Å²) in [6.45, 7) is 0.0256. The van der Waals surface area contributed by atoms with Crippen molar-refractivity contribution in [1.82, 2.24) is 14.7 Å². The van der Waals surface area contributed by atoms with Gasteiger partial charge in [0.1, 0.15) is 16.5 Å². The van der Waals surface area contributed by atoms with Crippen LogP contribution in [0.2, 0.25) is 0 Å². The molecule has 0 aliphatic rings. The van der Waals surface area contributed by atoms with E-state index in [1.165, 1.54) is 13.2 Å². The summed E-state index contributed by atoms with van der Waals surface area (Å²) in [5.74, 6) is -0.585. The summed E-state index contributed by atoms with van der Waals surface area (Å²) in [5.41, 5.74) is 2.21. The first kappa shape index (κ1) is 18.0. The fraction of sp³-hybridized carbons (Fsp3) is 0.111. The fourth-order valence-electron chi connectivity index (χ4n) is 2.37. The number of nitrogens with zero attached hydrogens (tertiary/aromatic N) is 2. The summed E-state index contributed by atoms with van der Waals surface area (Å²) in [7, 11) is -2.62. The highest BCUT2D eigenvalue weighted by Crippen LogP contribution is 2.24. The Kier molecular flexibility index (Phi) is 5.24. The molecule has 0 saturated heterocycles. The molecule has 0 atom stereocenters. The molecule has 3 aromatic rings. The Balaban J connectivity index is 1.82. The van der Waals surface area contributed by atoms with E-state index in [2.05, 4.69) is 14.7 Å². The summed E-state index contributed by atoms with van der Waals surface area (Å²) < 4.78 is 45.9. The summed E-state index contributed by atoms with van der Waals surface area (Å²) in [6, 6.07) is 10.5. The molecule has 0 fully saturated rings. The first-order valence-corrected chi connectivity index (χ1v) is 9.16. The highest BCUT2D eigenvalue weighted by Gasteiger charge is 2.20. The number of sulfonamides is 1. The number of hydrogen-bond donors (Lipinski definition) is 1. The Hall–Kier alpha value is -2.84. The second-order valence-corrected chi connectivity index (χ2v) is 7.15. The largest absolute Gasteiger partial charge is 0.495 e. The van der Waals surface area contributed by atoms with Crippen LogP contribution in [0.4, 0.5) is 4.39 Å². The molecule has 8 heteroatoms. The van der Waals surface area contributed by atoms with Gasteiger partial charge in [0.25, 0.3) is 0 Å². The zero-order chi connectivity index (χ0) is 18.6. The van der Waals surface area contributed by atoms with Crippen LogP contribution in [-0.4, -0.2) is 25.5 Å². The SMILES string of the molecule is COc1ccc(F)cc1S(=O)(=O)NCc1ccnc(-c2cccnc2)c1. The van der Waals surface area contributed by atoms with E-state index in [0.717, 1.165) is 17.7 Å². The molecule has 0 aliphatic heterocycles. The van der Waals surface area contributed by atoms with Gasteiger partial charge >= 0.3 is 0 Å². The van der Waals surface area contributed by atoms with Crippen molar-refractivity contribution in [3.8, 4) is 17.0 Å². The third kappa shape index (κ3) is 4.04. The standard InChI is InChI=1S/C18H16FN3O3S/c1-25-17-5-4-15(19)10-18(17)26(23,24)22-11-13-6-8-21-16(9-13)14-3-2-7-20-12-14/h2-10,12,22H,11H2,1H3. The molecule has 0 aliphatic carbocycles. The quantitative estimate of drug-likeness (QED) is 0.719. The molecule has 134 valence electrons. The van der Waals surface area contributed by atoms with Crippen LogP contribution in [0.15, 0.2) is 66.0 Å². The van der Waals surface area contributed by atoms with Crippen LogP contribution in [0.1, 0.15) is 5.56 Å². The lowest BCUT2D eigenvalue weighted by Crippen LogP contribution is -2.24. The van der Waals surface area contributed by atoms with Crippen molar-refractivity contribution in [3.05, 3.63) is 72.4 Å². The number of hydrogen-bond acceptors (Lipinski definition) is 5. The highest BCUT2D eigenvalue weighted by molar-refractivity contribution is 7.89. The summed E-state index contributed by atoms with van der Waals surface area (Å²) in [6.07, 6.45) is 4.93. The van der Waals surface area contributed by atoms with E-state index in [-0.39, 0.29) is 17.2 Å². The van der Waals surface area contributed by atoms with Gasteiger partial charge in [0, 0.05) is 30.7 Å². The maximum Gasteiger partial charge on any atom is 0.244 e. The molecule has 1 N–H and O–H groups in total. The molecule has 1 aromatic carbocycles. The van der Waals surface area contributed by atoms with E-state index in [9.17, 15) is 12.8 Å². The van der Waals surface area contributed by atoms with Crippen molar-refractivity contribution in [2.24, 2.45) is 0 Å². The fourth-order valence-corrected chi connectivity index (χ4v) is 3.57. The van der Waals surface area contributed by atoms with E-state index >= 15 is 0 Å².